The van der Waals surface area contributed by atoms with E-state index in [2.05, 4.69) is 9.97 Å². The largest absolute Gasteiger partial charge is 0.481 e. The number of aryl methyl sites for hydroxylation is 1. The van der Waals surface area contributed by atoms with E-state index >= 15 is 0 Å². The highest BCUT2D eigenvalue weighted by molar-refractivity contribution is 5.69. The van der Waals surface area contributed by atoms with Crippen LogP contribution >= 0.6 is 0 Å². The number of carboxylic acids is 1. The quantitative estimate of drug-likeness (QED) is 0.803. The number of aliphatic carboxylic acids is 1. The monoisotopic (exact) mass is 214 g/mol. The van der Waals surface area contributed by atoms with Crippen molar-refractivity contribution >= 4 is 5.97 Å². The minimum absolute atomic E-state index is 0.0533. The summed E-state index contributed by atoms with van der Waals surface area (Å²) < 4.78 is 18.1. The Hall–Kier alpha value is -1.72. The second-order valence-electron chi connectivity index (χ2n) is 2.83. The molecular formula is C9H11FN2O3. The average Bonchev–Trinajstić information content (AvgIpc) is 2.19. The van der Waals surface area contributed by atoms with E-state index in [0.29, 0.717) is 6.42 Å². The van der Waals surface area contributed by atoms with Crippen LogP contribution in [0.5, 0.6) is 5.88 Å². The molecule has 0 bridgehead atoms. The third-order valence-corrected chi connectivity index (χ3v) is 1.77. The van der Waals surface area contributed by atoms with Gasteiger partial charge in [-0.25, -0.2) is 4.98 Å². The van der Waals surface area contributed by atoms with E-state index in [1.807, 2.05) is 0 Å². The van der Waals surface area contributed by atoms with E-state index in [4.69, 9.17) is 9.84 Å². The number of nitrogens with zero attached hydrogens (tertiary/aromatic N) is 2. The number of halogens is 1. The molecule has 0 atom stereocenters. The summed E-state index contributed by atoms with van der Waals surface area (Å²) in [6, 6.07) is 0. The van der Waals surface area contributed by atoms with E-state index in [1.54, 1.807) is 6.92 Å². The summed E-state index contributed by atoms with van der Waals surface area (Å²) in [4.78, 5) is 17.9. The fourth-order valence-corrected chi connectivity index (χ4v) is 1.10. The predicted octanol–water partition coefficient (Wildman–Crippen LogP) is 0.814. The molecule has 0 aromatic carbocycles. The Morgan fingerprint density at radius 2 is 2.20 bits per heavy atom. The molecule has 0 radical (unpaired) electrons. The molecule has 1 N–H and O–H groups in total. The third kappa shape index (κ3) is 2.61. The Labute approximate surface area is 85.9 Å². The van der Waals surface area contributed by atoms with Crippen molar-refractivity contribution in [3.8, 4) is 5.88 Å². The predicted molar refractivity (Wildman–Crippen MR) is 49.3 cm³/mol. The Morgan fingerprint density at radius 1 is 1.53 bits per heavy atom. The first-order valence-corrected chi connectivity index (χ1v) is 4.39. The summed E-state index contributed by atoms with van der Waals surface area (Å²) in [5.74, 6) is -1.85. The maximum absolute atomic E-state index is 13.4. The maximum Gasteiger partial charge on any atom is 0.311 e. The van der Waals surface area contributed by atoms with Crippen molar-refractivity contribution in [1.82, 2.24) is 9.97 Å². The van der Waals surface area contributed by atoms with Crippen LogP contribution in [0.2, 0.25) is 0 Å². The first kappa shape index (κ1) is 11.4. The zero-order valence-corrected chi connectivity index (χ0v) is 8.45. The lowest BCUT2D eigenvalue weighted by atomic mass is 10.3. The number of hydrogen-bond acceptors (Lipinski definition) is 4. The SMILES string of the molecule is CCc1nc(CC(=O)O)nc(OC)c1F. The van der Waals surface area contributed by atoms with E-state index in [1.165, 1.54) is 7.11 Å². The minimum atomic E-state index is -1.06. The molecule has 15 heavy (non-hydrogen) atoms. The topological polar surface area (TPSA) is 72.3 Å². The van der Waals surface area contributed by atoms with Gasteiger partial charge in [0.05, 0.1) is 12.8 Å². The molecule has 0 aliphatic carbocycles. The van der Waals surface area contributed by atoms with Crippen LogP contribution in [0, 0.1) is 5.82 Å². The fraction of sp³-hybridized carbons (Fsp3) is 0.444. The number of carboxylic acid groups (broad SMARTS) is 1. The van der Waals surface area contributed by atoms with E-state index in [-0.39, 0.29) is 23.8 Å². The van der Waals surface area contributed by atoms with Crippen LogP contribution in [-0.2, 0) is 17.6 Å². The highest BCUT2D eigenvalue weighted by atomic mass is 19.1. The molecule has 0 amide bonds. The molecule has 5 nitrogen and oxygen atoms in total. The van der Waals surface area contributed by atoms with Crippen molar-refractivity contribution in [3.05, 3.63) is 17.3 Å². The van der Waals surface area contributed by atoms with Gasteiger partial charge in [0.25, 0.3) is 5.88 Å². The minimum Gasteiger partial charge on any atom is -0.481 e. The number of carbonyl (C=O) groups is 1. The first-order chi connectivity index (χ1) is 7.08. The van der Waals surface area contributed by atoms with Crippen molar-refractivity contribution in [1.29, 1.82) is 0 Å². The Balaban J connectivity index is 3.14. The highest BCUT2D eigenvalue weighted by Gasteiger charge is 2.15. The summed E-state index contributed by atoms with van der Waals surface area (Å²) in [7, 11) is 1.27. The van der Waals surface area contributed by atoms with Crippen molar-refractivity contribution < 1.29 is 19.0 Å². The van der Waals surface area contributed by atoms with Crippen molar-refractivity contribution in [2.45, 2.75) is 19.8 Å². The van der Waals surface area contributed by atoms with Gasteiger partial charge < -0.3 is 9.84 Å². The maximum atomic E-state index is 13.4. The Morgan fingerprint density at radius 3 is 2.67 bits per heavy atom. The standard InChI is InChI=1S/C9H11FN2O3/c1-3-5-8(10)9(15-2)12-6(11-5)4-7(13)14/h3-4H2,1-2H3,(H,13,14). The molecule has 0 aliphatic rings. The van der Waals surface area contributed by atoms with Crippen molar-refractivity contribution in [3.63, 3.8) is 0 Å². The van der Waals surface area contributed by atoms with E-state index in [9.17, 15) is 9.18 Å². The Kier molecular flexibility index (Phi) is 3.54. The van der Waals surface area contributed by atoms with Crippen LogP contribution in [0.4, 0.5) is 4.39 Å². The Bertz CT molecular complexity index is 357. The molecular weight excluding hydrogens is 203 g/mol. The van der Waals surface area contributed by atoms with E-state index in [0.717, 1.165) is 0 Å². The second kappa shape index (κ2) is 4.68. The number of rotatable bonds is 4. The van der Waals surface area contributed by atoms with Crippen molar-refractivity contribution in [2.75, 3.05) is 7.11 Å². The van der Waals surface area contributed by atoms with Gasteiger partial charge in [-0.1, -0.05) is 6.92 Å². The molecule has 0 aliphatic heterocycles. The van der Waals surface area contributed by atoms with Gasteiger partial charge in [-0.05, 0) is 6.42 Å². The van der Waals surface area contributed by atoms with Crippen LogP contribution in [0.25, 0.3) is 0 Å². The third-order valence-electron chi connectivity index (χ3n) is 1.77. The molecule has 0 spiro atoms. The summed E-state index contributed by atoms with van der Waals surface area (Å²) in [5, 5.41) is 8.55. The van der Waals surface area contributed by atoms with Crippen LogP contribution in [0.15, 0.2) is 0 Å². The van der Waals surface area contributed by atoms with E-state index < -0.39 is 11.8 Å². The van der Waals surface area contributed by atoms with Crippen LogP contribution < -0.4 is 4.74 Å². The normalized spacial score (nSPS) is 10.1. The van der Waals surface area contributed by atoms with Gasteiger partial charge in [0.2, 0.25) is 5.82 Å². The van der Waals surface area contributed by atoms with Gasteiger partial charge in [0, 0.05) is 0 Å². The van der Waals surface area contributed by atoms with Gasteiger partial charge in [0.15, 0.2) is 0 Å². The molecule has 0 saturated heterocycles. The molecule has 1 aromatic heterocycles. The highest BCUT2D eigenvalue weighted by Crippen LogP contribution is 2.17. The number of hydrogen-bond donors (Lipinski definition) is 1. The summed E-state index contributed by atoms with van der Waals surface area (Å²) in [6.45, 7) is 1.72. The molecule has 0 fully saturated rings. The van der Waals surface area contributed by atoms with Crippen LogP contribution in [-0.4, -0.2) is 28.2 Å². The molecule has 1 aromatic rings. The molecule has 6 heteroatoms. The second-order valence-corrected chi connectivity index (χ2v) is 2.83. The lowest BCUT2D eigenvalue weighted by molar-refractivity contribution is -0.136. The summed E-state index contributed by atoms with van der Waals surface area (Å²) in [6.07, 6.45) is 0.0149. The van der Waals surface area contributed by atoms with Gasteiger partial charge in [0.1, 0.15) is 12.2 Å². The smallest absolute Gasteiger partial charge is 0.311 e. The molecule has 82 valence electrons. The van der Waals surface area contributed by atoms with Gasteiger partial charge in [-0.3, -0.25) is 4.79 Å². The van der Waals surface area contributed by atoms with Gasteiger partial charge >= 0.3 is 5.97 Å². The lowest BCUT2D eigenvalue weighted by Crippen LogP contribution is -2.10. The molecule has 0 saturated carbocycles. The lowest BCUT2D eigenvalue weighted by Gasteiger charge is -2.06. The van der Waals surface area contributed by atoms with Gasteiger partial charge in [-0.15, -0.1) is 0 Å². The zero-order valence-electron chi connectivity index (χ0n) is 8.45. The summed E-state index contributed by atoms with van der Waals surface area (Å²) in [5.41, 5.74) is 0.165. The number of aromatic nitrogens is 2. The summed E-state index contributed by atoms with van der Waals surface area (Å²) >= 11 is 0. The number of ether oxygens (including phenoxy) is 1. The zero-order chi connectivity index (χ0) is 11.4. The number of methoxy groups -OCH3 is 1. The van der Waals surface area contributed by atoms with Crippen molar-refractivity contribution in [2.24, 2.45) is 0 Å². The average molecular weight is 214 g/mol. The molecule has 1 heterocycles. The molecule has 1 rings (SSSR count). The van der Waals surface area contributed by atoms with Crippen LogP contribution in [0.3, 0.4) is 0 Å². The van der Waals surface area contributed by atoms with Crippen LogP contribution in [0.1, 0.15) is 18.4 Å². The van der Waals surface area contributed by atoms with Gasteiger partial charge in [-0.2, -0.15) is 9.37 Å². The molecule has 0 unspecified atom stereocenters. The first-order valence-electron chi connectivity index (χ1n) is 4.39. The fourth-order valence-electron chi connectivity index (χ4n) is 1.10.